The summed E-state index contributed by atoms with van der Waals surface area (Å²) in [6.45, 7) is 5.99. The summed E-state index contributed by atoms with van der Waals surface area (Å²) in [5.74, 6) is -0.00317. The van der Waals surface area contributed by atoms with Crippen molar-refractivity contribution < 1.29 is 9.53 Å². The number of halogens is 1. The van der Waals surface area contributed by atoms with E-state index < -0.39 is 11.6 Å². The van der Waals surface area contributed by atoms with E-state index in [0.29, 0.717) is 15.8 Å². The lowest BCUT2D eigenvalue weighted by atomic mass is 9.78. The fourth-order valence-corrected chi connectivity index (χ4v) is 5.37. The molecule has 1 fully saturated rings. The van der Waals surface area contributed by atoms with Gasteiger partial charge >= 0.3 is 0 Å². The Hall–Kier alpha value is -3.09. The first kappa shape index (κ1) is 21.7. The van der Waals surface area contributed by atoms with Crippen LogP contribution in [0.5, 0.6) is 5.75 Å². The van der Waals surface area contributed by atoms with Gasteiger partial charge in [0.05, 0.1) is 6.04 Å². The van der Waals surface area contributed by atoms with Gasteiger partial charge < -0.3 is 15.4 Å². The van der Waals surface area contributed by atoms with Gasteiger partial charge in [-0.2, -0.15) is 0 Å². The van der Waals surface area contributed by atoms with Crippen LogP contribution < -0.4 is 20.3 Å². The molecular weight excluding hydrogens is 454 g/mol. The summed E-state index contributed by atoms with van der Waals surface area (Å²) in [7, 11) is 0. The number of carbonyl (C=O) groups is 1. The Balaban J connectivity index is 1.64. The Morgan fingerprint density at radius 2 is 1.85 bits per heavy atom. The number of anilines is 2. The molecule has 2 aliphatic heterocycles. The molecule has 0 aliphatic carbocycles. The fraction of sp³-hybridized carbons (Fsp3) is 0.231. The van der Waals surface area contributed by atoms with Crippen LogP contribution in [-0.2, 0) is 4.79 Å². The first-order chi connectivity index (χ1) is 15.8. The maximum Gasteiger partial charge on any atom is 0.236 e. The molecule has 3 aromatic rings. The Kier molecular flexibility index (Phi) is 5.30. The number of para-hydroxylation sites is 1. The first-order valence-electron chi connectivity index (χ1n) is 10.8. The minimum Gasteiger partial charge on any atom is -0.467 e. The number of rotatable bonds is 3. The van der Waals surface area contributed by atoms with Crippen LogP contribution >= 0.6 is 23.8 Å². The molecule has 0 aromatic heterocycles. The molecule has 3 atom stereocenters. The van der Waals surface area contributed by atoms with Crippen molar-refractivity contribution in [1.29, 1.82) is 0 Å². The predicted molar refractivity (Wildman–Crippen MR) is 136 cm³/mol. The third-order valence-corrected chi connectivity index (χ3v) is 6.96. The zero-order chi connectivity index (χ0) is 23.3. The van der Waals surface area contributed by atoms with Crippen LogP contribution in [0.25, 0.3) is 0 Å². The van der Waals surface area contributed by atoms with Gasteiger partial charge in [0.2, 0.25) is 5.91 Å². The van der Waals surface area contributed by atoms with Gasteiger partial charge in [-0.1, -0.05) is 47.5 Å². The second kappa shape index (κ2) is 8.04. The lowest BCUT2D eigenvalue weighted by Crippen LogP contribution is -2.72. The molecule has 168 valence electrons. The van der Waals surface area contributed by atoms with E-state index in [0.717, 1.165) is 28.1 Å². The molecule has 33 heavy (non-hydrogen) atoms. The van der Waals surface area contributed by atoms with E-state index in [2.05, 4.69) is 16.7 Å². The van der Waals surface area contributed by atoms with Gasteiger partial charge in [0.1, 0.15) is 11.7 Å². The van der Waals surface area contributed by atoms with E-state index in [1.54, 1.807) is 24.3 Å². The van der Waals surface area contributed by atoms with E-state index in [1.807, 2.05) is 62.1 Å². The topological polar surface area (TPSA) is 53.6 Å². The van der Waals surface area contributed by atoms with E-state index >= 15 is 0 Å². The molecule has 3 aromatic carbocycles. The summed E-state index contributed by atoms with van der Waals surface area (Å²) >= 11 is 11.9. The van der Waals surface area contributed by atoms with Crippen molar-refractivity contribution in [3.05, 3.63) is 88.4 Å². The minimum atomic E-state index is -1.04. The lowest BCUT2D eigenvalue weighted by molar-refractivity contribution is -0.130. The van der Waals surface area contributed by atoms with Crippen LogP contribution in [0.15, 0.2) is 66.7 Å². The number of hydrogen-bond donors (Lipinski definition) is 2. The van der Waals surface area contributed by atoms with E-state index in [1.165, 1.54) is 0 Å². The Morgan fingerprint density at radius 3 is 2.58 bits per heavy atom. The van der Waals surface area contributed by atoms with E-state index in [4.69, 9.17) is 28.6 Å². The second-order valence-corrected chi connectivity index (χ2v) is 9.54. The van der Waals surface area contributed by atoms with Gasteiger partial charge in [-0.3, -0.25) is 9.69 Å². The van der Waals surface area contributed by atoms with Gasteiger partial charge in [0.25, 0.3) is 0 Å². The molecular formula is C26H24ClN3O2S. The molecule has 0 radical (unpaired) electrons. The van der Waals surface area contributed by atoms with E-state index in [9.17, 15) is 4.79 Å². The number of aryl methyl sites for hydroxylation is 2. The molecule has 2 N–H and O–H groups in total. The van der Waals surface area contributed by atoms with Crippen molar-refractivity contribution in [2.45, 2.75) is 32.5 Å². The van der Waals surface area contributed by atoms with Crippen molar-refractivity contribution in [1.82, 2.24) is 5.32 Å². The number of nitrogens with one attached hydrogen (secondary N) is 2. The number of hydrogen-bond acceptors (Lipinski definition) is 3. The van der Waals surface area contributed by atoms with Crippen molar-refractivity contribution in [3.8, 4) is 5.75 Å². The summed E-state index contributed by atoms with van der Waals surface area (Å²) < 4.78 is 6.64. The zero-order valence-electron chi connectivity index (χ0n) is 18.6. The highest BCUT2D eigenvalue weighted by molar-refractivity contribution is 7.80. The summed E-state index contributed by atoms with van der Waals surface area (Å²) in [6.07, 6.45) is 0. The number of fused-ring (bicyclic) bond motifs is 4. The molecule has 7 heteroatoms. The van der Waals surface area contributed by atoms with Crippen molar-refractivity contribution in [2.75, 3.05) is 10.2 Å². The number of amides is 1. The average molecular weight is 478 g/mol. The normalized spacial score (nSPS) is 23.3. The average Bonchev–Trinajstić information content (AvgIpc) is 2.77. The summed E-state index contributed by atoms with van der Waals surface area (Å²) in [4.78, 5) is 15.7. The molecule has 0 unspecified atom stereocenters. The van der Waals surface area contributed by atoms with Crippen molar-refractivity contribution in [3.63, 3.8) is 0 Å². The van der Waals surface area contributed by atoms with Gasteiger partial charge in [0.15, 0.2) is 10.8 Å². The van der Waals surface area contributed by atoms with Gasteiger partial charge in [-0.25, -0.2) is 0 Å². The maximum atomic E-state index is 13.8. The van der Waals surface area contributed by atoms with Crippen molar-refractivity contribution in [2.24, 2.45) is 5.92 Å². The number of benzene rings is 3. The third kappa shape index (κ3) is 3.63. The molecule has 5 nitrogen and oxygen atoms in total. The van der Waals surface area contributed by atoms with Gasteiger partial charge in [-0.05, 0) is 75.0 Å². The van der Waals surface area contributed by atoms with Crippen LogP contribution in [0.2, 0.25) is 5.02 Å². The fourth-order valence-electron chi connectivity index (χ4n) is 4.83. The highest BCUT2D eigenvalue weighted by Crippen LogP contribution is 2.50. The first-order valence-corrected chi connectivity index (χ1v) is 11.6. The van der Waals surface area contributed by atoms with E-state index in [-0.39, 0.29) is 11.9 Å². The highest BCUT2D eigenvalue weighted by Gasteiger charge is 2.59. The van der Waals surface area contributed by atoms with Crippen LogP contribution in [-0.4, -0.2) is 16.7 Å². The molecule has 0 spiro atoms. The second-order valence-electron chi connectivity index (χ2n) is 8.72. The zero-order valence-corrected chi connectivity index (χ0v) is 20.1. The molecule has 5 rings (SSSR count). The molecule has 2 bridgehead atoms. The number of carbonyl (C=O) groups excluding carboxylic acids is 1. The Morgan fingerprint density at radius 1 is 1.12 bits per heavy atom. The lowest BCUT2D eigenvalue weighted by Gasteiger charge is -2.56. The summed E-state index contributed by atoms with van der Waals surface area (Å²) in [5.41, 5.74) is 3.58. The van der Waals surface area contributed by atoms with Crippen LogP contribution in [0, 0.1) is 19.8 Å². The minimum absolute atomic E-state index is 0.162. The van der Waals surface area contributed by atoms with Gasteiger partial charge in [0, 0.05) is 22.0 Å². The van der Waals surface area contributed by atoms with Crippen LogP contribution in [0.3, 0.4) is 0 Å². The number of thiocarbonyl (C=S) groups is 1. The summed E-state index contributed by atoms with van der Waals surface area (Å²) in [5, 5.41) is 7.64. The van der Waals surface area contributed by atoms with Crippen LogP contribution in [0.1, 0.15) is 29.7 Å². The Labute approximate surface area is 203 Å². The molecule has 2 aliphatic rings. The smallest absolute Gasteiger partial charge is 0.236 e. The standard InChI is InChI=1S/C26H24ClN3O2S/c1-15-8-13-21-19(14-15)23-22(24(31)28-18-11-9-17(27)10-12-18)26(3,32-21)30(25(33)29-23)20-7-5-4-6-16(20)2/h4-14,22-23H,1-3H3,(H,28,31)(H,29,33)/t22-,23+,26+/m0/s1. The predicted octanol–water partition coefficient (Wildman–Crippen LogP) is 5.76. The van der Waals surface area contributed by atoms with Crippen molar-refractivity contribution >= 4 is 46.2 Å². The van der Waals surface area contributed by atoms with Crippen LogP contribution in [0.4, 0.5) is 11.4 Å². The number of ether oxygens (including phenoxy) is 1. The highest BCUT2D eigenvalue weighted by atomic mass is 35.5. The molecule has 1 amide bonds. The van der Waals surface area contributed by atoms with Gasteiger partial charge in [-0.15, -0.1) is 0 Å². The Bertz CT molecular complexity index is 1260. The molecule has 2 heterocycles. The monoisotopic (exact) mass is 477 g/mol. The molecule has 0 saturated carbocycles. The summed E-state index contributed by atoms with van der Waals surface area (Å²) in [6, 6.07) is 20.8. The number of nitrogens with zero attached hydrogens (tertiary/aromatic N) is 1. The quantitative estimate of drug-likeness (QED) is 0.470. The SMILES string of the molecule is Cc1ccc2c(c1)[C@H]1NC(=S)N(c3ccccc3C)[C@](C)(O2)[C@@H]1C(=O)Nc1ccc(Cl)cc1. The largest absolute Gasteiger partial charge is 0.467 e. The third-order valence-electron chi connectivity index (χ3n) is 6.40. The molecule has 1 saturated heterocycles. The maximum absolute atomic E-state index is 13.8.